The van der Waals surface area contributed by atoms with Crippen LogP contribution in [0.5, 0.6) is 0 Å². The topological polar surface area (TPSA) is 98.3 Å². The molecule has 1 rings (SSSR count). The van der Waals surface area contributed by atoms with Gasteiger partial charge in [0, 0.05) is 18.7 Å². The van der Waals surface area contributed by atoms with Crippen molar-refractivity contribution in [2.45, 2.75) is 13.0 Å². The van der Waals surface area contributed by atoms with Crippen LogP contribution in [0.4, 0.5) is 10.1 Å². The second-order valence-corrected chi connectivity index (χ2v) is 3.53. The highest BCUT2D eigenvalue weighted by Gasteiger charge is 2.16. The predicted octanol–water partition coefficient (Wildman–Crippen LogP) is 1.23. The molecule has 8 heteroatoms. The molecule has 1 aromatic carbocycles. The Morgan fingerprint density at radius 2 is 2.22 bits per heavy atom. The summed E-state index contributed by atoms with van der Waals surface area (Å²) in [7, 11) is 0. The first-order valence-corrected chi connectivity index (χ1v) is 4.90. The number of hydrogen-bond acceptors (Lipinski definition) is 4. The first-order valence-electron chi connectivity index (χ1n) is 4.90. The molecule has 0 unspecified atom stereocenters. The Morgan fingerprint density at radius 3 is 2.67 bits per heavy atom. The maximum absolute atomic E-state index is 13.4. The fourth-order valence-corrected chi connectivity index (χ4v) is 1.16. The SMILES string of the molecule is C[C@H](CN)NC(=O)c1ccc([N+](=O)[O-])cc1F.Cl. The molecule has 0 aliphatic carbocycles. The van der Waals surface area contributed by atoms with Gasteiger partial charge in [0.1, 0.15) is 5.82 Å². The smallest absolute Gasteiger partial charge is 0.272 e. The van der Waals surface area contributed by atoms with E-state index in [1.54, 1.807) is 6.92 Å². The number of carbonyl (C=O) groups excluding carboxylic acids is 1. The number of halogens is 2. The lowest BCUT2D eigenvalue weighted by molar-refractivity contribution is -0.385. The van der Waals surface area contributed by atoms with E-state index < -0.39 is 22.3 Å². The molecule has 0 fully saturated rings. The molecular weight excluding hydrogens is 265 g/mol. The van der Waals surface area contributed by atoms with Crippen molar-refractivity contribution in [3.63, 3.8) is 0 Å². The minimum atomic E-state index is -0.930. The predicted molar refractivity (Wildman–Crippen MR) is 66.3 cm³/mol. The lowest BCUT2D eigenvalue weighted by atomic mass is 10.1. The fourth-order valence-electron chi connectivity index (χ4n) is 1.16. The number of nitrogens with zero attached hydrogens (tertiary/aromatic N) is 1. The molecule has 18 heavy (non-hydrogen) atoms. The van der Waals surface area contributed by atoms with E-state index in [9.17, 15) is 19.3 Å². The van der Waals surface area contributed by atoms with Gasteiger partial charge in [-0.25, -0.2) is 4.39 Å². The van der Waals surface area contributed by atoms with Gasteiger partial charge in [0.2, 0.25) is 0 Å². The standard InChI is InChI=1S/C10H12FN3O3.ClH/c1-6(5-12)13-10(15)8-3-2-7(14(16)17)4-9(8)11;/h2-4,6H,5,12H2,1H3,(H,13,15);1H/t6-;/m1./s1. The highest BCUT2D eigenvalue weighted by Crippen LogP contribution is 2.16. The zero-order valence-electron chi connectivity index (χ0n) is 9.55. The third-order valence-electron chi connectivity index (χ3n) is 2.14. The lowest BCUT2D eigenvalue weighted by Gasteiger charge is -2.11. The number of hydrogen-bond donors (Lipinski definition) is 2. The number of nitro groups is 1. The Bertz CT molecular complexity index is 456. The van der Waals surface area contributed by atoms with Crippen molar-refractivity contribution in [2.75, 3.05) is 6.54 Å². The number of nitro benzene ring substituents is 1. The summed E-state index contributed by atoms with van der Waals surface area (Å²) in [6, 6.07) is 2.57. The molecule has 0 saturated heterocycles. The van der Waals surface area contributed by atoms with Gasteiger partial charge in [0.05, 0.1) is 16.6 Å². The average molecular weight is 278 g/mol. The Hall–Kier alpha value is -1.73. The second-order valence-electron chi connectivity index (χ2n) is 3.53. The van der Waals surface area contributed by atoms with Gasteiger partial charge in [-0.05, 0) is 13.0 Å². The van der Waals surface area contributed by atoms with E-state index in [0.29, 0.717) is 6.07 Å². The van der Waals surface area contributed by atoms with Crippen LogP contribution in [0, 0.1) is 15.9 Å². The molecule has 0 spiro atoms. The fraction of sp³-hybridized carbons (Fsp3) is 0.300. The van der Waals surface area contributed by atoms with E-state index in [1.807, 2.05) is 0 Å². The van der Waals surface area contributed by atoms with Gasteiger partial charge in [0.15, 0.2) is 0 Å². The van der Waals surface area contributed by atoms with Crippen molar-refractivity contribution in [3.8, 4) is 0 Å². The van der Waals surface area contributed by atoms with Crippen LogP contribution in [0.25, 0.3) is 0 Å². The first-order chi connectivity index (χ1) is 7.95. The zero-order valence-corrected chi connectivity index (χ0v) is 10.4. The number of carbonyl (C=O) groups is 1. The summed E-state index contributed by atoms with van der Waals surface area (Å²) in [6.07, 6.45) is 0. The van der Waals surface area contributed by atoms with E-state index in [1.165, 1.54) is 0 Å². The molecule has 3 N–H and O–H groups in total. The summed E-state index contributed by atoms with van der Waals surface area (Å²) < 4.78 is 13.4. The number of rotatable bonds is 4. The summed E-state index contributed by atoms with van der Waals surface area (Å²) in [4.78, 5) is 21.2. The van der Waals surface area contributed by atoms with Crippen molar-refractivity contribution in [3.05, 3.63) is 39.7 Å². The van der Waals surface area contributed by atoms with E-state index in [-0.39, 0.29) is 30.6 Å². The monoisotopic (exact) mass is 277 g/mol. The van der Waals surface area contributed by atoms with Crippen molar-refractivity contribution in [1.82, 2.24) is 5.32 Å². The Kier molecular flexibility index (Phi) is 6.21. The van der Waals surface area contributed by atoms with Crippen molar-refractivity contribution in [1.29, 1.82) is 0 Å². The summed E-state index contributed by atoms with van der Waals surface area (Å²) in [6.45, 7) is 1.89. The average Bonchev–Trinajstić information content (AvgIpc) is 2.28. The lowest BCUT2D eigenvalue weighted by Crippen LogP contribution is -2.38. The largest absolute Gasteiger partial charge is 0.348 e. The molecule has 0 aliphatic rings. The molecule has 0 saturated carbocycles. The maximum atomic E-state index is 13.4. The van der Waals surface area contributed by atoms with Crippen molar-refractivity contribution in [2.24, 2.45) is 5.73 Å². The van der Waals surface area contributed by atoms with Crippen molar-refractivity contribution < 1.29 is 14.1 Å². The van der Waals surface area contributed by atoms with E-state index in [2.05, 4.69) is 5.32 Å². The van der Waals surface area contributed by atoms with Crippen LogP contribution in [-0.4, -0.2) is 23.4 Å². The van der Waals surface area contributed by atoms with E-state index in [4.69, 9.17) is 5.73 Å². The Morgan fingerprint density at radius 1 is 1.61 bits per heavy atom. The van der Waals surface area contributed by atoms with Gasteiger partial charge in [0.25, 0.3) is 11.6 Å². The minimum Gasteiger partial charge on any atom is -0.348 e. The van der Waals surface area contributed by atoms with Gasteiger partial charge >= 0.3 is 0 Å². The summed E-state index contributed by atoms with van der Waals surface area (Å²) in [5, 5.41) is 12.8. The number of nitrogens with two attached hydrogens (primary N) is 1. The molecule has 6 nitrogen and oxygen atoms in total. The maximum Gasteiger partial charge on any atom is 0.272 e. The summed E-state index contributed by atoms with van der Waals surface area (Å²) in [5.74, 6) is -1.57. The molecule has 0 aromatic heterocycles. The van der Waals surface area contributed by atoms with Crippen LogP contribution in [0.3, 0.4) is 0 Å². The number of non-ortho nitro benzene ring substituents is 1. The molecule has 100 valence electrons. The van der Waals surface area contributed by atoms with Gasteiger partial charge in [-0.3, -0.25) is 14.9 Å². The third kappa shape index (κ3) is 3.94. The number of benzene rings is 1. The summed E-state index contributed by atoms with van der Waals surface area (Å²) in [5.41, 5.74) is 4.67. The third-order valence-corrected chi connectivity index (χ3v) is 2.14. The van der Waals surface area contributed by atoms with Crippen LogP contribution in [0.2, 0.25) is 0 Å². The van der Waals surface area contributed by atoms with E-state index in [0.717, 1.165) is 12.1 Å². The zero-order chi connectivity index (χ0) is 13.0. The molecule has 0 bridgehead atoms. The number of nitrogens with one attached hydrogen (secondary N) is 1. The molecule has 0 radical (unpaired) electrons. The Balaban J connectivity index is 0.00000289. The van der Waals surface area contributed by atoms with Crippen LogP contribution in [0.1, 0.15) is 17.3 Å². The molecule has 1 aromatic rings. The van der Waals surface area contributed by atoms with Gasteiger partial charge in [-0.2, -0.15) is 0 Å². The number of amides is 1. The second kappa shape index (κ2) is 6.87. The summed E-state index contributed by atoms with van der Waals surface area (Å²) >= 11 is 0. The van der Waals surface area contributed by atoms with Crippen LogP contribution in [-0.2, 0) is 0 Å². The molecule has 1 amide bonds. The molecule has 1 atom stereocenters. The highest BCUT2D eigenvalue weighted by atomic mass is 35.5. The normalized spacial score (nSPS) is 11.3. The van der Waals surface area contributed by atoms with Gasteiger partial charge in [-0.15, -0.1) is 12.4 Å². The Labute approximate surface area is 109 Å². The van der Waals surface area contributed by atoms with Crippen LogP contribution in [0.15, 0.2) is 18.2 Å². The molecule has 0 aliphatic heterocycles. The molecular formula is C10H13ClFN3O3. The van der Waals surface area contributed by atoms with Crippen LogP contribution >= 0.6 is 12.4 Å². The van der Waals surface area contributed by atoms with E-state index >= 15 is 0 Å². The molecule has 0 heterocycles. The van der Waals surface area contributed by atoms with Gasteiger partial charge < -0.3 is 11.1 Å². The van der Waals surface area contributed by atoms with Crippen molar-refractivity contribution >= 4 is 24.0 Å². The first kappa shape index (κ1) is 16.3. The highest BCUT2D eigenvalue weighted by molar-refractivity contribution is 5.94. The minimum absolute atomic E-state index is 0. The van der Waals surface area contributed by atoms with Gasteiger partial charge in [-0.1, -0.05) is 0 Å². The van der Waals surface area contributed by atoms with Crippen LogP contribution < -0.4 is 11.1 Å². The quantitative estimate of drug-likeness (QED) is 0.639.